The lowest BCUT2D eigenvalue weighted by Gasteiger charge is -2.44. The van der Waals surface area contributed by atoms with Gasteiger partial charge in [-0.2, -0.15) is 4.31 Å². The average molecular weight is 328 g/mol. The number of carbonyl (C=O) groups is 1. The number of benzene rings is 1. The van der Waals surface area contributed by atoms with E-state index < -0.39 is 15.8 Å². The molecule has 2 fully saturated rings. The van der Waals surface area contributed by atoms with Crippen molar-refractivity contribution < 1.29 is 22.3 Å². The molecule has 120 valence electrons. The molecule has 0 radical (unpaired) electrons. The molecular formula is C14H17FN2O4S. The topological polar surface area (TPSA) is 66.9 Å². The second-order valence-corrected chi connectivity index (χ2v) is 7.41. The highest BCUT2D eigenvalue weighted by molar-refractivity contribution is 7.89. The standard InChI is InChI=1S/C14H17FN2O4S/c1-16-11-8-17(7-6-12(11)21-9-14(16)18)22(19,20)13-5-3-2-4-10(13)15/h2-5,11-12H,6-9H2,1H3/t11-,12+/m0/s1. The highest BCUT2D eigenvalue weighted by Gasteiger charge is 2.42. The number of piperidine rings is 1. The van der Waals surface area contributed by atoms with E-state index in [2.05, 4.69) is 0 Å². The Kier molecular flexibility index (Phi) is 3.92. The number of likely N-dealkylation sites (N-methyl/N-ethyl adjacent to an activating group) is 1. The van der Waals surface area contributed by atoms with Crippen molar-refractivity contribution in [3.8, 4) is 0 Å². The highest BCUT2D eigenvalue weighted by Crippen LogP contribution is 2.27. The van der Waals surface area contributed by atoms with Gasteiger partial charge in [0.15, 0.2) is 0 Å². The molecule has 0 saturated carbocycles. The van der Waals surface area contributed by atoms with Crippen molar-refractivity contribution in [2.75, 3.05) is 26.7 Å². The Hall–Kier alpha value is -1.51. The number of nitrogens with zero attached hydrogens (tertiary/aromatic N) is 2. The molecule has 0 unspecified atom stereocenters. The van der Waals surface area contributed by atoms with Gasteiger partial charge < -0.3 is 9.64 Å². The largest absolute Gasteiger partial charge is 0.366 e. The average Bonchev–Trinajstić information content (AvgIpc) is 2.51. The minimum atomic E-state index is -3.92. The van der Waals surface area contributed by atoms with Crippen molar-refractivity contribution in [3.63, 3.8) is 0 Å². The summed E-state index contributed by atoms with van der Waals surface area (Å²) in [4.78, 5) is 12.9. The minimum Gasteiger partial charge on any atom is -0.366 e. The van der Waals surface area contributed by atoms with Crippen LogP contribution in [0.25, 0.3) is 0 Å². The molecule has 1 amide bonds. The molecule has 0 aliphatic carbocycles. The van der Waals surface area contributed by atoms with Crippen LogP contribution >= 0.6 is 0 Å². The normalized spacial score (nSPS) is 26.8. The molecule has 2 aliphatic heterocycles. The van der Waals surface area contributed by atoms with Crippen LogP contribution in [0.2, 0.25) is 0 Å². The molecule has 2 aliphatic rings. The van der Waals surface area contributed by atoms with Crippen LogP contribution in [0.4, 0.5) is 4.39 Å². The van der Waals surface area contributed by atoms with Crippen LogP contribution in [0.15, 0.2) is 29.2 Å². The van der Waals surface area contributed by atoms with Crippen molar-refractivity contribution >= 4 is 15.9 Å². The molecule has 0 aromatic heterocycles. The predicted molar refractivity (Wildman–Crippen MR) is 76.1 cm³/mol. The molecule has 0 spiro atoms. The first-order chi connectivity index (χ1) is 10.4. The number of rotatable bonds is 2. The third kappa shape index (κ3) is 2.51. The molecule has 2 atom stereocenters. The van der Waals surface area contributed by atoms with Crippen LogP contribution in [0.5, 0.6) is 0 Å². The maximum Gasteiger partial charge on any atom is 0.248 e. The van der Waals surface area contributed by atoms with E-state index in [0.29, 0.717) is 6.42 Å². The summed E-state index contributed by atoms with van der Waals surface area (Å²) in [6.07, 6.45) is 0.311. The van der Waals surface area contributed by atoms with Crippen LogP contribution in [0.1, 0.15) is 6.42 Å². The second-order valence-electron chi connectivity index (χ2n) is 5.50. The molecule has 8 heteroatoms. The molecule has 0 bridgehead atoms. The lowest BCUT2D eigenvalue weighted by molar-refractivity contribution is -0.158. The van der Waals surface area contributed by atoms with Crippen LogP contribution in [0.3, 0.4) is 0 Å². The summed E-state index contributed by atoms with van der Waals surface area (Å²) in [6, 6.07) is 4.98. The molecule has 22 heavy (non-hydrogen) atoms. The Morgan fingerprint density at radius 3 is 2.77 bits per heavy atom. The number of amides is 1. The van der Waals surface area contributed by atoms with Gasteiger partial charge in [0, 0.05) is 20.1 Å². The third-order valence-electron chi connectivity index (χ3n) is 4.25. The number of ether oxygens (including phenoxy) is 1. The first kappa shape index (κ1) is 15.4. The molecule has 2 heterocycles. The van der Waals surface area contributed by atoms with Gasteiger partial charge in [0.2, 0.25) is 15.9 Å². The Labute approximate surface area is 128 Å². The molecular weight excluding hydrogens is 311 g/mol. The van der Waals surface area contributed by atoms with Crippen LogP contribution in [0, 0.1) is 5.82 Å². The van der Waals surface area contributed by atoms with Gasteiger partial charge in [-0.1, -0.05) is 12.1 Å². The van der Waals surface area contributed by atoms with Gasteiger partial charge in [-0.3, -0.25) is 4.79 Å². The van der Waals surface area contributed by atoms with E-state index >= 15 is 0 Å². The number of morpholine rings is 1. The molecule has 1 aromatic carbocycles. The second kappa shape index (κ2) is 5.60. The molecule has 6 nitrogen and oxygen atoms in total. The Morgan fingerprint density at radius 1 is 1.32 bits per heavy atom. The van der Waals surface area contributed by atoms with Gasteiger partial charge in [0.1, 0.15) is 17.3 Å². The number of carbonyl (C=O) groups excluding carboxylic acids is 1. The first-order valence-corrected chi connectivity index (χ1v) is 8.47. The van der Waals surface area contributed by atoms with Gasteiger partial charge in [0.05, 0.1) is 12.1 Å². The van der Waals surface area contributed by atoms with Crippen molar-refractivity contribution in [2.45, 2.75) is 23.5 Å². The summed E-state index contributed by atoms with van der Waals surface area (Å²) >= 11 is 0. The fourth-order valence-electron chi connectivity index (χ4n) is 2.92. The maximum atomic E-state index is 13.8. The number of fused-ring (bicyclic) bond motifs is 1. The summed E-state index contributed by atoms with van der Waals surface area (Å²) in [5, 5.41) is 0. The fraction of sp³-hybridized carbons (Fsp3) is 0.500. The zero-order valence-electron chi connectivity index (χ0n) is 12.1. The van der Waals surface area contributed by atoms with Gasteiger partial charge in [-0.15, -0.1) is 0 Å². The van der Waals surface area contributed by atoms with Crippen molar-refractivity contribution in [1.29, 1.82) is 0 Å². The molecule has 2 saturated heterocycles. The smallest absolute Gasteiger partial charge is 0.248 e. The summed E-state index contributed by atoms with van der Waals surface area (Å²) in [6.45, 7) is 0.390. The number of sulfonamides is 1. The SMILES string of the molecule is CN1C(=O)CO[C@@H]2CCN(S(=O)(=O)c3ccccc3F)C[C@@H]21. The minimum absolute atomic E-state index is 0.0255. The van der Waals surface area contributed by atoms with Crippen LogP contribution in [-0.2, 0) is 19.6 Å². The van der Waals surface area contributed by atoms with E-state index in [1.165, 1.54) is 27.4 Å². The lowest BCUT2D eigenvalue weighted by atomic mass is 10.0. The van der Waals surface area contributed by atoms with Crippen LogP contribution in [-0.4, -0.2) is 62.4 Å². The van der Waals surface area contributed by atoms with Gasteiger partial charge >= 0.3 is 0 Å². The van der Waals surface area contributed by atoms with Gasteiger partial charge in [-0.05, 0) is 18.6 Å². The molecule has 3 rings (SSSR count). The quantitative estimate of drug-likeness (QED) is 0.790. The summed E-state index contributed by atoms with van der Waals surface area (Å²) in [7, 11) is -2.28. The van der Waals surface area contributed by atoms with E-state index in [0.717, 1.165) is 6.07 Å². The zero-order valence-corrected chi connectivity index (χ0v) is 12.9. The Balaban J connectivity index is 1.87. The molecule has 0 N–H and O–H groups in total. The van der Waals surface area contributed by atoms with Gasteiger partial charge in [0.25, 0.3) is 0 Å². The Morgan fingerprint density at radius 2 is 2.05 bits per heavy atom. The van der Waals surface area contributed by atoms with E-state index in [1.54, 1.807) is 7.05 Å². The third-order valence-corrected chi connectivity index (χ3v) is 6.15. The lowest BCUT2D eigenvalue weighted by Crippen LogP contribution is -2.61. The monoisotopic (exact) mass is 328 g/mol. The van der Waals surface area contributed by atoms with E-state index in [9.17, 15) is 17.6 Å². The summed E-state index contributed by atoms with van der Waals surface area (Å²) in [5.41, 5.74) is 0. The Bertz CT molecular complexity index is 694. The maximum absolute atomic E-state index is 13.8. The zero-order chi connectivity index (χ0) is 15.9. The molecule has 1 aromatic rings. The number of hydrogen-bond donors (Lipinski definition) is 0. The summed E-state index contributed by atoms with van der Waals surface area (Å²) < 4.78 is 45.7. The van der Waals surface area contributed by atoms with E-state index in [-0.39, 0.29) is 42.6 Å². The van der Waals surface area contributed by atoms with Gasteiger partial charge in [-0.25, -0.2) is 12.8 Å². The van der Waals surface area contributed by atoms with Crippen molar-refractivity contribution in [3.05, 3.63) is 30.1 Å². The number of halogens is 1. The van der Waals surface area contributed by atoms with E-state index in [4.69, 9.17) is 4.74 Å². The summed E-state index contributed by atoms with van der Waals surface area (Å²) in [5.74, 6) is -0.944. The van der Waals surface area contributed by atoms with Crippen molar-refractivity contribution in [1.82, 2.24) is 9.21 Å². The van der Waals surface area contributed by atoms with Crippen molar-refractivity contribution in [2.24, 2.45) is 0 Å². The highest BCUT2D eigenvalue weighted by atomic mass is 32.2. The van der Waals surface area contributed by atoms with E-state index in [1.807, 2.05) is 0 Å². The fourth-order valence-corrected chi connectivity index (χ4v) is 4.46. The van der Waals surface area contributed by atoms with Crippen LogP contribution < -0.4 is 0 Å². The predicted octanol–water partition coefficient (Wildman–Crippen LogP) is 0.446. The number of hydrogen-bond acceptors (Lipinski definition) is 4. The first-order valence-electron chi connectivity index (χ1n) is 7.03.